The first-order valence-corrected chi connectivity index (χ1v) is 9.77. The molecule has 0 aliphatic carbocycles. The summed E-state index contributed by atoms with van der Waals surface area (Å²) in [6.45, 7) is 8.07. The summed E-state index contributed by atoms with van der Waals surface area (Å²) in [5, 5.41) is 10.4. The Labute approximate surface area is 175 Å². The van der Waals surface area contributed by atoms with Crippen LogP contribution >= 0.6 is 0 Å². The normalized spacial score (nSPS) is 16.8. The molecule has 0 aromatic carbocycles. The van der Waals surface area contributed by atoms with Crippen LogP contribution in [0.4, 0.5) is 21.8 Å². The van der Waals surface area contributed by atoms with Crippen molar-refractivity contribution in [1.29, 1.82) is 0 Å². The molecule has 1 aliphatic heterocycles. The topological polar surface area (TPSA) is 97.2 Å². The minimum absolute atomic E-state index is 0.145. The van der Waals surface area contributed by atoms with Crippen LogP contribution in [-0.2, 0) is 22.6 Å². The van der Waals surface area contributed by atoms with Crippen LogP contribution in [0.2, 0.25) is 0 Å². The van der Waals surface area contributed by atoms with Gasteiger partial charge in [0.25, 0.3) is 0 Å². The molecule has 0 fully saturated rings. The Kier molecular flexibility index (Phi) is 6.66. The van der Waals surface area contributed by atoms with Gasteiger partial charge in [0, 0.05) is 32.5 Å². The van der Waals surface area contributed by atoms with Gasteiger partial charge < -0.3 is 20.3 Å². The first-order chi connectivity index (χ1) is 14.3. The van der Waals surface area contributed by atoms with E-state index in [2.05, 4.69) is 32.3 Å². The Hall–Kier alpha value is -3.01. The largest absolute Gasteiger partial charge is 0.379 e. The highest BCUT2D eigenvalue weighted by molar-refractivity contribution is 6.03. The molecule has 3 rings (SSSR count). The highest BCUT2D eigenvalue weighted by Crippen LogP contribution is 2.33. The number of halogens is 1. The molecular weight excluding hydrogens is 389 g/mol. The summed E-state index contributed by atoms with van der Waals surface area (Å²) in [6.07, 6.45) is 3.66. The van der Waals surface area contributed by atoms with Crippen molar-refractivity contribution in [3.05, 3.63) is 35.8 Å². The second-order valence-electron chi connectivity index (χ2n) is 7.41. The summed E-state index contributed by atoms with van der Waals surface area (Å²) in [5.41, 5.74) is 3.00. The summed E-state index contributed by atoms with van der Waals surface area (Å²) >= 11 is 0. The van der Waals surface area contributed by atoms with E-state index in [-0.39, 0.29) is 12.0 Å². The summed E-state index contributed by atoms with van der Waals surface area (Å²) in [6, 6.07) is -0.486. The first kappa shape index (κ1) is 21.7. The molecule has 1 amide bonds. The molecule has 10 heteroatoms. The third kappa shape index (κ3) is 4.59. The van der Waals surface area contributed by atoms with Crippen LogP contribution in [-0.4, -0.2) is 58.6 Å². The van der Waals surface area contributed by atoms with E-state index in [1.54, 1.807) is 18.0 Å². The molecule has 0 bridgehead atoms. The molecule has 0 unspecified atom stereocenters. The molecule has 2 aromatic rings. The van der Waals surface area contributed by atoms with Crippen LogP contribution in [0, 0.1) is 6.92 Å². The first-order valence-electron chi connectivity index (χ1n) is 9.77. The number of ether oxygens (including phenoxy) is 1. The lowest BCUT2D eigenvalue weighted by atomic mass is 10.1. The summed E-state index contributed by atoms with van der Waals surface area (Å²) in [4.78, 5) is 23.4. The molecule has 2 atom stereocenters. The monoisotopic (exact) mass is 417 g/mol. The molecule has 162 valence electrons. The molecule has 0 radical (unpaired) electrons. The van der Waals surface area contributed by atoms with E-state index in [1.807, 2.05) is 32.0 Å². The van der Waals surface area contributed by atoms with Crippen LogP contribution in [0.3, 0.4) is 0 Å². The third-order valence-corrected chi connectivity index (χ3v) is 5.13. The summed E-state index contributed by atoms with van der Waals surface area (Å²) in [5.74, 6) is 0.942. The fraction of sp³-hybridized carbons (Fsp3) is 0.500. The highest BCUT2D eigenvalue weighted by Gasteiger charge is 2.37. The van der Waals surface area contributed by atoms with E-state index in [4.69, 9.17) is 4.74 Å². The lowest BCUT2D eigenvalue weighted by molar-refractivity contribution is -0.120. The minimum atomic E-state index is -0.486. The second-order valence-corrected chi connectivity index (χ2v) is 7.41. The fourth-order valence-corrected chi connectivity index (χ4v) is 3.41. The molecule has 2 N–H and O–H groups in total. The van der Waals surface area contributed by atoms with Gasteiger partial charge in [0.2, 0.25) is 11.9 Å². The number of rotatable bonds is 9. The molecule has 0 saturated carbocycles. The quantitative estimate of drug-likeness (QED) is 0.604. The van der Waals surface area contributed by atoms with Gasteiger partial charge in [-0.1, -0.05) is 12.2 Å². The number of fused-ring (bicyclic) bond motifs is 1. The van der Waals surface area contributed by atoms with E-state index in [0.29, 0.717) is 42.7 Å². The maximum absolute atomic E-state index is 12.5. The minimum Gasteiger partial charge on any atom is -0.379 e. The van der Waals surface area contributed by atoms with Crippen molar-refractivity contribution in [1.82, 2.24) is 19.7 Å². The number of nitrogens with zero attached hydrogens (tertiary/aromatic N) is 5. The van der Waals surface area contributed by atoms with Crippen molar-refractivity contribution >= 4 is 23.4 Å². The second kappa shape index (κ2) is 9.21. The van der Waals surface area contributed by atoms with Gasteiger partial charge in [-0.3, -0.25) is 13.9 Å². The predicted octanol–water partition coefficient (Wildman–Crippen LogP) is 2.30. The number of aryl methyl sites for hydroxylation is 1. The van der Waals surface area contributed by atoms with Crippen LogP contribution in [0.25, 0.3) is 0 Å². The number of methoxy groups -OCH3 is 1. The number of amides is 1. The number of aromatic nitrogens is 4. The number of nitrogens with one attached hydrogen (secondary N) is 2. The van der Waals surface area contributed by atoms with Crippen LogP contribution < -0.4 is 15.5 Å². The Morgan fingerprint density at radius 3 is 2.93 bits per heavy atom. The maximum Gasteiger partial charge on any atom is 0.249 e. The zero-order chi connectivity index (χ0) is 21.8. The van der Waals surface area contributed by atoms with Crippen molar-refractivity contribution in [3.63, 3.8) is 0 Å². The summed E-state index contributed by atoms with van der Waals surface area (Å²) < 4.78 is 19.5. The van der Waals surface area contributed by atoms with Gasteiger partial charge in [0.05, 0.1) is 31.2 Å². The lowest BCUT2D eigenvalue weighted by Crippen LogP contribution is -2.53. The van der Waals surface area contributed by atoms with Crippen molar-refractivity contribution in [2.24, 2.45) is 0 Å². The average Bonchev–Trinajstić information content (AvgIpc) is 3.14. The van der Waals surface area contributed by atoms with Crippen molar-refractivity contribution in [2.75, 3.05) is 36.4 Å². The number of likely N-dealkylation sites (N-methyl/N-ethyl adjacent to an activating group) is 1. The zero-order valence-electron chi connectivity index (χ0n) is 17.8. The van der Waals surface area contributed by atoms with Gasteiger partial charge in [-0.2, -0.15) is 10.1 Å². The van der Waals surface area contributed by atoms with Gasteiger partial charge >= 0.3 is 0 Å². The molecule has 0 spiro atoms. The van der Waals surface area contributed by atoms with Crippen molar-refractivity contribution in [3.8, 4) is 0 Å². The molecule has 1 aliphatic rings. The maximum atomic E-state index is 12.5. The fourth-order valence-electron chi connectivity index (χ4n) is 3.41. The number of allylic oxidation sites excluding steroid dienone is 1. The number of hydrogen-bond acceptors (Lipinski definition) is 7. The van der Waals surface area contributed by atoms with Gasteiger partial charge in [0.1, 0.15) is 11.7 Å². The van der Waals surface area contributed by atoms with Crippen LogP contribution in [0.15, 0.2) is 24.5 Å². The van der Waals surface area contributed by atoms with E-state index in [1.165, 1.54) is 0 Å². The molecule has 0 saturated heterocycles. The Morgan fingerprint density at radius 2 is 2.23 bits per heavy atom. The van der Waals surface area contributed by atoms with Gasteiger partial charge in [-0.05, 0) is 20.3 Å². The zero-order valence-corrected chi connectivity index (χ0v) is 17.8. The van der Waals surface area contributed by atoms with Crippen molar-refractivity contribution < 1.29 is 13.9 Å². The Morgan fingerprint density at radius 1 is 1.47 bits per heavy atom. The molecule has 2 aromatic heterocycles. The standard InChI is InChI=1S/C20H28FN7O2/c1-12(6-7-21)10-28-11-15(9-23-28)8-22-20-24-13(2)16-18(26-20)27(4)17(14(3)30-5)19(29)25-16/h9,11,14,17H,1,6-8,10H2,2-5H3,(H,25,29)(H,22,24,26)/t14-,17+/m1/s1. The molecule has 3 heterocycles. The SMILES string of the molecule is C=C(CCF)Cn1cc(CNc2nc(C)c3c(n2)N(C)[C@@H]([C@@H](C)OC)C(=O)N3)cn1. The lowest BCUT2D eigenvalue weighted by Gasteiger charge is -2.37. The number of carbonyl (C=O) groups is 1. The molecule has 9 nitrogen and oxygen atoms in total. The van der Waals surface area contributed by atoms with E-state index >= 15 is 0 Å². The van der Waals surface area contributed by atoms with Gasteiger partial charge in [0.15, 0.2) is 5.82 Å². The van der Waals surface area contributed by atoms with Crippen molar-refractivity contribution in [2.45, 2.75) is 45.5 Å². The third-order valence-electron chi connectivity index (χ3n) is 5.13. The number of anilines is 3. The predicted molar refractivity (Wildman–Crippen MR) is 113 cm³/mol. The average molecular weight is 417 g/mol. The van der Waals surface area contributed by atoms with E-state index in [9.17, 15) is 9.18 Å². The molecule has 30 heavy (non-hydrogen) atoms. The van der Waals surface area contributed by atoms with Crippen LogP contribution in [0.1, 0.15) is 24.6 Å². The van der Waals surface area contributed by atoms with E-state index in [0.717, 1.165) is 11.1 Å². The summed E-state index contributed by atoms with van der Waals surface area (Å²) in [7, 11) is 3.40. The number of alkyl halides is 1. The number of carbonyl (C=O) groups excluding carboxylic acids is 1. The number of hydrogen-bond donors (Lipinski definition) is 2. The Balaban J connectivity index is 1.73. The smallest absolute Gasteiger partial charge is 0.249 e. The van der Waals surface area contributed by atoms with E-state index < -0.39 is 12.7 Å². The Bertz CT molecular complexity index is 930. The van der Waals surface area contributed by atoms with Gasteiger partial charge in [-0.15, -0.1) is 0 Å². The van der Waals surface area contributed by atoms with Crippen LogP contribution in [0.5, 0.6) is 0 Å². The molecular formula is C20H28FN7O2. The van der Waals surface area contributed by atoms with Gasteiger partial charge in [-0.25, -0.2) is 4.98 Å². The highest BCUT2D eigenvalue weighted by atomic mass is 19.1.